The van der Waals surface area contributed by atoms with Crippen molar-refractivity contribution in [1.29, 1.82) is 0 Å². The van der Waals surface area contributed by atoms with Crippen molar-refractivity contribution in [2.24, 2.45) is 7.05 Å². The summed E-state index contributed by atoms with van der Waals surface area (Å²) in [4.78, 5) is 5.41. The van der Waals surface area contributed by atoms with Gasteiger partial charge in [-0.05, 0) is 24.7 Å². The van der Waals surface area contributed by atoms with Crippen LogP contribution in [0, 0.1) is 0 Å². The highest BCUT2D eigenvalue weighted by atomic mass is 32.2. The molecule has 0 radical (unpaired) electrons. The average Bonchev–Trinajstić information content (AvgIpc) is 2.75. The van der Waals surface area contributed by atoms with Crippen molar-refractivity contribution in [2.75, 3.05) is 7.05 Å². The lowest BCUT2D eigenvalue weighted by molar-refractivity contribution is 0.817. The molecular weight excluding hydrogens is 230 g/mol. The fourth-order valence-electron chi connectivity index (χ4n) is 1.59. The number of benzene rings is 1. The number of imidazole rings is 1. The van der Waals surface area contributed by atoms with E-state index in [1.54, 1.807) is 0 Å². The molecule has 2 rings (SSSR count). The van der Waals surface area contributed by atoms with Gasteiger partial charge in [-0.25, -0.2) is 4.98 Å². The summed E-state index contributed by atoms with van der Waals surface area (Å²) in [5.74, 6) is 0.960. The summed E-state index contributed by atoms with van der Waals surface area (Å²) in [6.45, 7) is 0.923. The molecule has 3 nitrogen and oxygen atoms in total. The molecule has 2 aromatic rings. The van der Waals surface area contributed by atoms with Crippen LogP contribution in [-0.2, 0) is 19.3 Å². The van der Waals surface area contributed by atoms with Gasteiger partial charge in [-0.2, -0.15) is 0 Å². The Morgan fingerprint density at radius 2 is 2.06 bits per heavy atom. The van der Waals surface area contributed by atoms with Gasteiger partial charge in [0.15, 0.2) is 0 Å². The van der Waals surface area contributed by atoms with Crippen molar-refractivity contribution in [3.8, 4) is 0 Å². The fourth-order valence-corrected chi connectivity index (χ4v) is 2.51. The lowest BCUT2D eigenvalue weighted by atomic mass is 10.2. The van der Waals surface area contributed by atoms with Crippen LogP contribution in [0.4, 0.5) is 0 Å². The summed E-state index contributed by atoms with van der Waals surface area (Å²) >= 11 is 1.84. The summed E-state index contributed by atoms with van der Waals surface area (Å²) in [6.07, 6.45) is 3.76. The molecule has 0 unspecified atom stereocenters. The summed E-state index contributed by atoms with van der Waals surface area (Å²) in [5, 5.41) is 3.15. The lowest BCUT2D eigenvalue weighted by Gasteiger charge is -2.04. The Hall–Kier alpha value is -1.26. The molecule has 0 atom stereocenters. The third-order valence-electron chi connectivity index (χ3n) is 2.61. The molecule has 4 heteroatoms. The van der Waals surface area contributed by atoms with E-state index >= 15 is 0 Å². The Bertz CT molecular complexity index is 462. The molecule has 90 valence electrons. The molecule has 1 aromatic carbocycles. The van der Waals surface area contributed by atoms with Gasteiger partial charge in [0.1, 0.15) is 0 Å². The summed E-state index contributed by atoms with van der Waals surface area (Å²) < 4.78 is 2.06. The van der Waals surface area contributed by atoms with Gasteiger partial charge in [0.25, 0.3) is 0 Å². The van der Waals surface area contributed by atoms with Crippen LogP contribution < -0.4 is 5.32 Å². The highest BCUT2D eigenvalue weighted by Crippen LogP contribution is 2.22. The number of thioether (sulfide) groups is 1. The number of aromatic nitrogens is 2. The van der Waals surface area contributed by atoms with Crippen LogP contribution in [0.3, 0.4) is 0 Å². The molecule has 1 N–H and O–H groups in total. The van der Waals surface area contributed by atoms with E-state index in [0.29, 0.717) is 0 Å². The SMILES string of the molecule is CNCc1ccc(SCc2cncn2C)cc1. The number of aryl methyl sites for hydroxylation is 1. The van der Waals surface area contributed by atoms with E-state index in [0.717, 1.165) is 12.3 Å². The molecular formula is C13H17N3S. The van der Waals surface area contributed by atoms with Gasteiger partial charge in [0, 0.05) is 36.1 Å². The van der Waals surface area contributed by atoms with Crippen LogP contribution in [-0.4, -0.2) is 16.6 Å². The molecule has 0 amide bonds. The Kier molecular flexibility index (Phi) is 4.23. The van der Waals surface area contributed by atoms with Gasteiger partial charge < -0.3 is 9.88 Å². The second-order valence-electron chi connectivity index (χ2n) is 3.96. The third-order valence-corrected chi connectivity index (χ3v) is 3.65. The van der Waals surface area contributed by atoms with Gasteiger partial charge in [0.2, 0.25) is 0 Å². The first-order valence-corrected chi connectivity index (χ1v) is 6.59. The minimum Gasteiger partial charge on any atom is -0.337 e. The topological polar surface area (TPSA) is 29.9 Å². The number of nitrogens with one attached hydrogen (secondary N) is 1. The van der Waals surface area contributed by atoms with Crippen LogP contribution in [0.5, 0.6) is 0 Å². The second kappa shape index (κ2) is 5.89. The lowest BCUT2D eigenvalue weighted by Crippen LogP contribution is -2.04. The summed E-state index contributed by atoms with van der Waals surface area (Å²) in [7, 11) is 3.99. The summed E-state index contributed by atoms with van der Waals surface area (Å²) in [5.41, 5.74) is 2.56. The molecule has 0 spiro atoms. The van der Waals surface area contributed by atoms with Crippen LogP contribution >= 0.6 is 11.8 Å². The maximum absolute atomic E-state index is 4.11. The van der Waals surface area contributed by atoms with E-state index in [1.165, 1.54) is 16.2 Å². The number of nitrogens with zero attached hydrogens (tertiary/aromatic N) is 2. The Morgan fingerprint density at radius 3 is 2.65 bits per heavy atom. The van der Waals surface area contributed by atoms with Crippen LogP contribution in [0.1, 0.15) is 11.3 Å². The van der Waals surface area contributed by atoms with Crippen molar-refractivity contribution in [3.63, 3.8) is 0 Å². The predicted molar refractivity (Wildman–Crippen MR) is 72.0 cm³/mol. The monoisotopic (exact) mass is 247 g/mol. The fraction of sp³-hybridized carbons (Fsp3) is 0.308. The van der Waals surface area contributed by atoms with Gasteiger partial charge in [-0.15, -0.1) is 11.8 Å². The molecule has 1 aromatic heterocycles. The molecule has 0 saturated carbocycles. The molecule has 17 heavy (non-hydrogen) atoms. The molecule has 1 heterocycles. The van der Waals surface area contributed by atoms with E-state index in [1.807, 2.05) is 38.4 Å². The second-order valence-corrected chi connectivity index (χ2v) is 5.01. The van der Waals surface area contributed by atoms with Crippen molar-refractivity contribution >= 4 is 11.8 Å². The first kappa shape index (κ1) is 12.2. The highest BCUT2D eigenvalue weighted by molar-refractivity contribution is 7.98. The van der Waals surface area contributed by atoms with Gasteiger partial charge >= 0.3 is 0 Å². The van der Waals surface area contributed by atoms with Gasteiger partial charge in [-0.3, -0.25) is 0 Å². The number of rotatable bonds is 5. The largest absolute Gasteiger partial charge is 0.337 e. The van der Waals surface area contributed by atoms with Crippen LogP contribution in [0.2, 0.25) is 0 Å². The van der Waals surface area contributed by atoms with E-state index in [-0.39, 0.29) is 0 Å². The van der Waals surface area contributed by atoms with E-state index in [9.17, 15) is 0 Å². The first-order chi connectivity index (χ1) is 8.29. The highest BCUT2D eigenvalue weighted by Gasteiger charge is 2.00. The molecule has 0 aliphatic carbocycles. The zero-order valence-electron chi connectivity index (χ0n) is 10.2. The standard InChI is InChI=1S/C13H17N3S/c1-14-7-11-3-5-13(6-4-11)17-9-12-8-15-10-16(12)2/h3-6,8,10,14H,7,9H2,1-2H3. The first-order valence-electron chi connectivity index (χ1n) is 5.61. The van der Waals surface area contributed by atoms with Crippen molar-refractivity contribution in [1.82, 2.24) is 14.9 Å². The van der Waals surface area contributed by atoms with Crippen molar-refractivity contribution < 1.29 is 0 Å². The van der Waals surface area contributed by atoms with E-state index < -0.39 is 0 Å². The van der Waals surface area contributed by atoms with E-state index in [2.05, 4.69) is 39.1 Å². The minimum atomic E-state index is 0.923. The predicted octanol–water partition coefficient (Wildman–Crippen LogP) is 2.43. The smallest absolute Gasteiger partial charge is 0.0945 e. The van der Waals surface area contributed by atoms with Crippen molar-refractivity contribution in [3.05, 3.63) is 48.0 Å². The number of hydrogen-bond acceptors (Lipinski definition) is 3. The van der Waals surface area contributed by atoms with Crippen molar-refractivity contribution in [2.45, 2.75) is 17.2 Å². The Balaban J connectivity index is 1.93. The Morgan fingerprint density at radius 1 is 1.29 bits per heavy atom. The molecule has 0 fully saturated rings. The molecule has 0 saturated heterocycles. The zero-order valence-corrected chi connectivity index (χ0v) is 11.0. The van der Waals surface area contributed by atoms with Gasteiger partial charge in [0.05, 0.1) is 6.33 Å². The zero-order chi connectivity index (χ0) is 12.1. The van der Waals surface area contributed by atoms with Gasteiger partial charge in [-0.1, -0.05) is 12.1 Å². The summed E-state index contributed by atoms with van der Waals surface area (Å²) in [6, 6.07) is 8.69. The maximum atomic E-state index is 4.11. The van der Waals surface area contributed by atoms with Crippen LogP contribution in [0.15, 0.2) is 41.7 Å². The third kappa shape index (κ3) is 3.35. The van der Waals surface area contributed by atoms with E-state index in [4.69, 9.17) is 0 Å². The quantitative estimate of drug-likeness (QED) is 0.823. The molecule has 0 bridgehead atoms. The number of hydrogen-bond donors (Lipinski definition) is 1. The Labute approximate surface area is 106 Å². The average molecular weight is 247 g/mol. The maximum Gasteiger partial charge on any atom is 0.0945 e. The minimum absolute atomic E-state index is 0.923. The molecule has 0 aliphatic heterocycles. The molecule has 0 aliphatic rings. The normalized spacial score (nSPS) is 10.7. The van der Waals surface area contributed by atoms with Crippen LogP contribution in [0.25, 0.3) is 0 Å².